The number of hydrogen-bond acceptors (Lipinski definition) is 2. The second-order valence-corrected chi connectivity index (χ2v) is 5.25. The predicted octanol–water partition coefficient (Wildman–Crippen LogP) is 3.09. The van der Waals surface area contributed by atoms with E-state index in [2.05, 4.69) is 16.5 Å². The van der Waals surface area contributed by atoms with Crippen LogP contribution in [0.3, 0.4) is 0 Å². The van der Waals surface area contributed by atoms with Gasteiger partial charge < -0.3 is 5.32 Å². The van der Waals surface area contributed by atoms with Crippen molar-refractivity contribution in [1.82, 2.24) is 15.1 Å². The predicted molar refractivity (Wildman–Crippen MR) is 73.2 cm³/mol. The van der Waals surface area contributed by atoms with Crippen LogP contribution in [0.2, 0.25) is 5.02 Å². The third kappa shape index (κ3) is 2.57. The molecule has 0 amide bonds. The van der Waals surface area contributed by atoms with Crippen molar-refractivity contribution in [2.24, 2.45) is 0 Å². The average Bonchev–Trinajstić information content (AvgIpc) is 3.09. The Balaban J connectivity index is 1.79. The van der Waals surface area contributed by atoms with Crippen molar-refractivity contribution in [2.75, 3.05) is 0 Å². The maximum absolute atomic E-state index is 6.32. The van der Waals surface area contributed by atoms with E-state index < -0.39 is 0 Å². The lowest BCUT2D eigenvalue weighted by Crippen LogP contribution is -2.15. The van der Waals surface area contributed by atoms with Gasteiger partial charge in [0.15, 0.2) is 0 Å². The summed E-state index contributed by atoms with van der Waals surface area (Å²) < 4.78 is 1.82. The molecule has 2 aromatic rings. The maximum atomic E-state index is 6.32. The quantitative estimate of drug-likeness (QED) is 0.917. The summed E-state index contributed by atoms with van der Waals surface area (Å²) in [6.45, 7) is 2.86. The first kappa shape index (κ1) is 11.8. The largest absolute Gasteiger partial charge is 0.310 e. The molecule has 1 fully saturated rings. The second-order valence-electron chi connectivity index (χ2n) is 4.84. The Labute approximate surface area is 112 Å². The van der Waals surface area contributed by atoms with E-state index in [-0.39, 0.29) is 0 Å². The Morgan fingerprint density at radius 3 is 2.83 bits per heavy atom. The van der Waals surface area contributed by atoms with Crippen LogP contribution in [0.4, 0.5) is 0 Å². The summed E-state index contributed by atoms with van der Waals surface area (Å²) in [6, 6.07) is 8.84. The fraction of sp³-hybridized carbons (Fsp3) is 0.357. The minimum Gasteiger partial charge on any atom is -0.310 e. The zero-order chi connectivity index (χ0) is 12.5. The van der Waals surface area contributed by atoms with Gasteiger partial charge in [0.25, 0.3) is 0 Å². The number of hydrogen-bond donors (Lipinski definition) is 1. The Morgan fingerprint density at radius 2 is 2.22 bits per heavy atom. The molecular weight excluding hydrogens is 246 g/mol. The van der Waals surface area contributed by atoms with Crippen molar-refractivity contribution in [1.29, 1.82) is 0 Å². The average molecular weight is 262 g/mol. The van der Waals surface area contributed by atoms with Gasteiger partial charge in [-0.3, -0.25) is 0 Å². The Morgan fingerprint density at radius 1 is 1.39 bits per heavy atom. The fourth-order valence-electron chi connectivity index (χ4n) is 1.95. The molecule has 1 saturated carbocycles. The molecule has 1 aromatic heterocycles. The van der Waals surface area contributed by atoms with Gasteiger partial charge in [0, 0.05) is 18.8 Å². The third-order valence-electron chi connectivity index (χ3n) is 3.15. The summed E-state index contributed by atoms with van der Waals surface area (Å²) in [7, 11) is 0. The molecule has 0 radical (unpaired) electrons. The van der Waals surface area contributed by atoms with Crippen LogP contribution in [0.1, 0.15) is 24.1 Å². The Hall–Kier alpha value is -1.32. The zero-order valence-electron chi connectivity index (χ0n) is 10.4. The van der Waals surface area contributed by atoms with Crippen LogP contribution in [-0.2, 0) is 6.54 Å². The van der Waals surface area contributed by atoms with Crippen LogP contribution in [0.5, 0.6) is 0 Å². The monoisotopic (exact) mass is 261 g/mol. The van der Waals surface area contributed by atoms with E-state index in [0.29, 0.717) is 0 Å². The first-order valence-corrected chi connectivity index (χ1v) is 6.64. The first-order valence-electron chi connectivity index (χ1n) is 6.27. The van der Waals surface area contributed by atoms with Gasteiger partial charge in [0.05, 0.1) is 16.4 Å². The van der Waals surface area contributed by atoms with Crippen LogP contribution in [-0.4, -0.2) is 15.8 Å². The Bertz CT molecular complexity index is 558. The van der Waals surface area contributed by atoms with Crippen LogP contribution in [0.15, 0.2) is 30.5 Å². The zero-order valence-corrected chi connectivity index (χ0v) is 11.1. The van der Waals surface area contributed by atoms with Crippen molar-refractivity contribution in [2.45, 2.75) is 32.4 Å². The van der Waals surface area contributed by atoms with E-state index in [4.69, 9.17) is 11.6 Å². The molecule has 0 atom stereocenters. The van der Waals surface area contributed by atoms with Gasteiger partial charge in [0.2, 0.25) is 0 Å². The number of nitrogens with zero attached hydrogens (tertiary/aromatic N) is 2. The molecule has 1 aromatic carbocycles. The summed E-state index contributed by atoms with van der Waals surface area (Å²) in [5, 5.41) is 8.60. The molecule has 94 valence electrons. The molecule has 1 aliphatic carbocycles. The normalized spacial score (nSPS) is 15.0. The molecule has 1 N–H and O–H groups in total. The lowest BCUT2D eigenvalue weighted by molar-refractivity contribution is 0.687. The van der Waals surface area contributed by atoms with E-state index in [1.165, 1.54) is 18.4 Å². The van der Waals surface area contributed by atoms with Crippen molar-refractivity contribution in [3.05, 3.63) is 46.7 Å². The number of aryl methyl sites for hydroxylation is 1. The lowest BCUT2D eigenvalue weighted by atomic mass is 10.2. The molecule has 4 heteroatoms. The molecule has 1 heterocycles. The number of aromatic nitrogens is 2. The van der Waals surface area contributed by atoms with Gasteiger partial charge in [-0.15, -0.1) is 0 Å². The topological polar surface area (TPSA) is 29.9 Å². The van der Waals surface area contributed by atoms with E-state index in [0.717, 1.165) is 29.0 Å². The van der Waals surface area contributed by atoms with E-state index in [1.807, 2.05) is 36.0 Å². The van der Waals surface area contributed by atoms with Gasteiger partial charge in [-0.1, -0.05) is 17.7 Å². The lowest BCUT2D eigenvalue weighted by Gasteiger charge is -2.08. The minimum atomic E-state index is 0.720. The van der Waals surface area contributed by atoms with Crippen molar-refractivity contribution in [3.63, 3.8) is 0 Å². The van der Waals surface area contributed by atoms with Gasteiger partial charge in [-0.05, 0) is 43.5 Å². The molecule has 3 nitrogen and oxygen atoms in total. The van der Waals surface area contributed by atoms with Crippen molar-refractivity contribution in [3.8, 4) is 5.69 Å². The van der Waals surface area contributed by atoms with Gasteiger partial charge in [-0.2, -0.15) is 5.10 Å². The van der Waals surface area contributed by atoms with Crippen LogP contribution < -0.4 is 5.32 Å². The summed E-state index contributed by atoms with van der Waals surface area (Å²) in [5.74, 6) is 0. The highest BCUT2D eigenvalue weighted by atomic mass is 35.5. The number of benzene rings is 1. The minimum absolute atomic E-state index is 0.720. The molecule has 3 rings (SSSR count). The summed E-state index contributed by atoms with van der Waals surface area (Å²) in [6.07, 6.45) is 4.54. The van der Waals surface area contributed by atoms with E-state index in [1.54, 1.807) is 0 Å². The van der Waals surface area contributed by atoms with Crippen LogP contribution >= 0.6 is 11.6 Å². The molecule has 0 aliphatic heterocycles. The molecule has 0 bridgehead atoms. The second kappa shape index (κ2) is 4.75. The number of halogens is 1. The summed E-state index contributed by atoms with van der Waals surface area (Å²) in [4.78, 5) is 0. The van der Waals surface area contributed by atoms with Crippen LogP contribution in [0.25, 0.3) is 5.69 Å². The molecule has 18 heavy (non-hydrogen) atoms. The van der Waals surface area contributed by atoms with Gasteiger partial charge in [0.1, 0.15) is 0 Å². The van der Waals surface area contributed by atoms with Gasteiger partial charge >= 0.3 is 0 Å². The highest BCUT2D eigenvalue weighted by Crippen LogP contribution is 2.23. The SMILES string of the molecule is Cc1ccn(-c2ccc(CNC3CC3)cc2Cl)n1. The van der Waals surface area contributed by atoms with Gasteiger partial charge in [-0.25, -0.2) is 4.68 Å². The molecule has 0 saturated heterocycles. The molecular formula is C14H16ClN3. The standard InChI is InChI=1S/C14H16ClN3/c1-10-6-7-18(17-10)14-5-2-11(8-13(14)15)9-16-12-3-4-12/h2,5-8,12,16H,3-4,9H2,1H3. The molecule has 1 aliphatic rings. The van der Waals surface area contributed by atoms with E-state index in [9.17, 15) is 0 Å². The van der Waals surface area contributed by atoms with E-state index >= 15 is 0 Å². The molecule has 0 unspecified atom stereocenters. The molecule has 0 spiro atoms. The summed E-state index contributed by atoms with van der Waals surface area (Å²) in [5.41, 5.74) is 3.14. The highest BCUT2D eigenvalue weighted by molar-refractivity contribution is 6.32. The third-order valence-corrected chi connectivity index (χ3v) is 3.46. The maximum Gasteiger partial charge on any atom is 0.0832 e. The first-order chi connectivity index (χ1) is 8.72. The Kier molecular flexibility index (Phi) is 3.10. The fourth-order valence-corrected chi connectivity index (χ4v) is 2.23. The van der Waals surface area contributed by atoms with Crippen LogP contribution in [0, 0.1) is 6.92 Å². The summed E-state index contributed by atoms with van der Waals surface area (Å²) >= 11 is 6.32. The number of nitrogens with one attached hydrogen (secondary N) is 1. The van der Waals surface area contributed by atoms with Crippen molar-refractivity contribution >= 4 is 11.6 Å². The number of rotatable bonds is 4. The van der Waals surface area contributed by atoms with Crippen molar-refractivity contribution < 1.29 is 0 Å². The highest BCUT2D eigenvalue weighted by Gasteiger charge is 2.20. The smallest absolute Gasteiger partial charge is 0.0832 e.